The predicted molar refractivity (Wildman–Crippen MR) is 69.7 cm³/mol. The fourth-order valence-corrected chi connectivity index (χ4v) is 1.29. The molecule has 1 rings (SSSR count). The van der Waals surface area contributed by atoms with Gasteiger partial charge in [-0.15, -0.1) is 0 Å². The zero-order valence-electron chi connectivity index (χ0n) is 11.1. The lowest BCUT2D eigenvalue weighted by Gasteiger charge is -2.18. The van der Waals surface area contributed by atoms with Gasteiger partial charge in [0.2, 0.25) is 0 Å². The van der Waals surface area contributed by atoms with Gasteiger partial charge in [-0.25, -0.2) is 4.79 Å². The zero-order chi connectivity index (χ0) is 13.9. The molecule has 0 fully saturated rings. The van der Waals surface area contributed by atoms with E-state index in [1.54, 1.807) is 33.8 Å². The molecule has 0 unspecified atom stereocenters. The third-order valence-electron chi connectivity index (χ3n) is 2.02. The second kappa shape index (κ2) is 5.12. The largest absolute Gasteiger partial charge is 0.514 e. The molecule has 0 bridgehead atoms. The van der Waals surface area contributed by atoms with E-state index >= 15 is 0 Å². The Labute approximate surface area is 107 Å². The van der Waals surface area contributed by atoms with Crippen LogP contribution in [0, 0.1) is 0 Å². The summed E-state index contributed by atoms with van der Waals surface area (Å²) in [5, 5.41) is 9.59. The summed E-state index contributed by atoms with van der Waals surface area (Å²) in [4.78, 5) is 11.5. The number of ether oxygens (including phenoxy) is 2. The third-order valence-corrected chi connectivity index (χ3v) is 2.02. The monoisotopic (exact) mass is 250 g/mol. The van der Waals surface area contributed by atoms with Gasteiger partial charge in [-0.1, -0.05) is 6.58 Å². The Balaban J connectivity index is 2.83. The predicted octanol–water partition coefficient (Wildman–Crippen LogP) is 3.74. The summed E-state index contributed by atoms with van der Waals surface area (Å²) < 4.78 is 10.0. The molecule has 98 valence electrons. The Bertz CT molecular complexity index is 469. The van der Waals surface area contributed by atoms with Crippen LogP contribution in [0.4, 0.5) is 4.79 Å². The zero-order valence-corrected chi connectivity index (χ0v) is 11.1. The lowest BCUT2D eigenvalue weighted by atomic mass is 10.1. The van der Waals surface area contributed by atoms with E-state index in [1.165, 1.54) is 12.1 Å². The van der Waals surface area contributed by atoms with Gasteiger partial charge in [-0.2, -0.15) is 0 Å². The maximum atomic E-state index is 11.5. The Morgan fingerprint density at radius 1 is 1.33 bits per heavy atom. The summed E-state index contributed by atoms with van der Waals surface area (Å²) in [6.07, 6.45) is -0.777. The summed E-state index contributed by atoms with van der Waals surface area (Å²) >= 11 is 0. The van der Waals surface area contributed by atoms with E-state index < -0.39 is 11.8 Å². The van der Waals surface area contributed by atoms with Gasteiger partial charge in [-0.3, -0.25) is 0 Å². The number of hydrogen-bond donors (Lipinski definition) is 1. The van der Waals surface area contributed by atoms with Gasteiger partial charge >= 0.3 is 6.16 Å². The molecule has 0 aliphatic carbocycles. The van der Waals surface area contributed by atoms with Crippen molar-refractivity contribution in [2.24, 2.45) is 0 Å². The van der Waals surface area contributed by atoms with Crippen LogP contribution in [0.3, 0.4) is 0 Å². The molecule has 0 aliphatic rings. The van der Waals surface area contributed by atoms with E-state index in [4.69, 9.17) is 9.47 Å². The van der Waals surface area contributed by atoms with Gasteiger partial charge in [0, 0.05) is 5.56 Å². The number of phenolic OH excluding ortho intramolecular Hbond substituents is 1. The minimum absolute atomic E-state index is 0.0963. The van der Waals surface area contributed by atoms with Crippen LogP contribution in [0.25, 0.3) is 5.57 Å². The molecule has 0 saturated carbocycles. The topological polar surface area (TPSA) is 55.8 Å². The second-order valence-corrected chi connectivity index (χ2v) is 5.03. The first-order valence-corrected chi connectivity index (χ1v) is 5.59. The first-order chi connectivity index (χ1) is 8.19. The van der Waals surface area contributed by atoms with Gasteiger partial charge in [-0.05, 0) is 51.5 Å². The highest BCUT2D eigenvalue weighted by Crippen LogP contribution is 2.28. The Kier molecular flexibility index (Phi) is 4.01. The molecule has 1 aromatic carbocycles. The number of carbonyl (C=O) groups excluding carboxylic acids is 1. The van der Waals surface area contributed by atoms with E-state index in [0.717, 1.165) is 0 Å². The van der Waals surface area contributed by atoms with Crippen LogP contribution in [0.2, 0.25) is 0 Å². The Hall–Kier alpha value is -1.97. The van der Waals surface area contributed by atoms with Crippen LogP contribution in [-0.4, -0.2) is 16.9 Å². The van der Waals surface area contributed by atoms with Crippen molar-refractivity contribution in [2.45, 2.75) is 33.3 Å². The Morgan fingerprint density at radius 2 is 1.94 bits per heavy atom. The summed E-state index contributed by atoms with van der Waals surface area (Å²) in [5.74, 6) is 0.402. The maximum absolute atomic E-state index is 11.5. The SMILES string of the molecule is C=C(C)c1cc(OC(=O)OC(C)(C)C)ccc1O. The standard InChI is InChI=1S/C14H18O4/c1-9(2)11-8-10(6-7-12(11)15)17-13(16)18-14(3,4)5/h6-8,15H,1H2,2-5H3. The Morgan fingerprint density at radius 3 is 2.44 bits per heavy atom. The fraction of sp³-hybridized carbons (Fsp3) is 0.357. The molecule has 0 atom stereocenters. The van der Waals surface area contributed by atoms with Crippen molar-refractivity contribution < 1.29 is 19.4 Å². The highest BCUT2D eigenvalue weighted by atomic mass is 16.7. The molecule has 0 amide bonds. The van der Waals surface area contributed by atoms with Crippen molar-refractivity contribution in [1.82, 2.24) is 0 Å². The van der Waals surface area contributed by atoms with E-state index in [0.29, 0.717) is 16.9 Å². The summed E-state index contributed by atoms with van der Waals surface area (Å²) in [7, 11) is 0. The highest BCUT2D eigenvalue weighted by Gasteiger charge is 2.18. The lowest BCUT2D eigenvalue weighted by Crippen LogP contribution is -2.25. The number of aromatic hydroxyl groups is 1. The van der Waals surface area contributed by atoms with Crippen LogP contribution >= 0.6 is 0 Å². The fourth-order valence-electron chi connectivity index (χ4n) is 1.29. The van der Waals surface area contributed by atoms with Gasteiger partial charge in [0.05, 0.1) is 0 Å². The van der Waals surface area contributed by atoms with Gasteiger partial charge in [0.25, 0.3) is 0 Å². The van der Waals surface area contributed by atoms with E-state index in [1.807, 2.05) is 0 Å². The van der Waals surface area contributed by atoms with Gasteiger partial charge in [0.15, 0.2) is 0 Å². The van der Waals surface area contributed by atoms with Crippen molar-refractivity contribution in [3.05, 3.63) is 30.3 Å². The van der Waals surface area contributed by atoms with Gasteiger partial charge < -0.3 is 14.6 Å². The van der Waals surface area contributed by atoms with Crippen LogP contribution in [0.5, 0.6) is 11.5 Å². The number of allylic oxidation sites excluding steroid dienone is 1. The number of hydrogen-bond acceptors (Lipinski definition) is 4. The molecule has 0 aliphatic heterocycles. The quantitative estimate of drug-likeness (QED) is 0.641. The van der Waals surface area contributed by atoms with Crippen LogP contribution in [-0.2, 0) is 4.74 Å². The molecule has 1 N–H and O–H groups in total. The summed E-state index contributed by atoms with van der Waals surface area (Å²) in [6.45, 7) is 10.8. The highest BCUT2D eigenvalue weighted by molar-refractivity contribution is 5.70. The van der Waals surface area contributed by atoms with E-state index in [9.17, 15) is 9.90 Å². The number of benzene rings is 1. The van der Waals surface area contributed by atoms with Crippen molar-refractivity contribution in [3.63, 3.8) is 0 Å². The molecular weight excluding hydrogens is 232 g/mol. The molecule has 0 aromatic heterocycles. The molecule has 1 aromatic rings. The molecule has 0 saturated heterocycles. The first kappa shape index (κ1) is 14.1. The van der Waals surface area contributed by atoms with Crippen LogP contribution in [0.1, 0.15) is 33.3 Å². The minimum atomic E-state index is -0.777. The number of carbonyl (C=O) groups is 1. The molecule has 0 spiro atoms. The van der Waals surface area contributed by atoms with Gasteiger partial charge in [0.1, 0.15) is 17.1 Å². The van der Waals surface area contributed by atoms with Crippen molar-refractivity contribution in [3.8, 4) is 11.5 Å². The van der Waals surface area contributed by atoms with E-state index in [2.05, 4.69) is 6.58 Å². The molecule has 4 nitrogen and oxygen atoms in total. The minimum Gasteiger partial charge on any atom is -0.507 e. The first-order valence-electron chi connectivity index (χ1n) is 5.59. The molecule has 0 heterocycles. The smallest absolute Gasteiger partial charge is 0.507 e. The van der Waals surface area contributed by atoms with Crippen molar-refractivity contribution >= 4 is 11.7 Å². The molecule has 4 heteroatoms. The second-order valence-electron chi connectivity index (χ2n) is 5.03. The van der Waals surface area contributed by atoms with E-state index in [-0.39, 0.29) is 5.75 Å². The average molecular weight is 250 g/mol. The van der Waals surface area contributed by atoms with Crippen molar-refractivity contribution in [1.29, 1.82) is 0 Å². The average Bonchev–Trinajstić information content (AvgIpc) is 2.17. The molecule has 18 heavy (non-hydrogen) atoms. The maximum Gasteiger partial charge on any atom is 0.514 e. The number of rotatable bonds is 2. The third kappa shape index (κ3) is 4.13. The van der Waals surface area contributed by atoms with Crippen LogP contribution in [0.15, 0.2) is 24.8 Å². The molecule has 0 radical (unpaired) electrons. The summed E-state index contributed by atoms with van der Waals surface area (Å²) in [5.41, 5.74) is 0.615. The van der Waals surface area contributed by atoms with Crippen LogP contribution < -0.4 is 4.74 Å². The lowest BCUT2D eigenvalue weighted by molar-refractivity contribution is 0.0206. The summed E-state index contributed by atoms with van der Waals surface area (Å²) in [6, 6.07) is 4.48. The normalized spacial score (nSPS) is 10.9. The molecular formula is C14H18O4. The number of phenols is 1. The van der Waals surface area contributed by atoms with Crippen molar-refractivity contribution in [2.75, 3.05) is 0 Å².